The summed E-state index contributed by atoms with van der Waals surface area (Å²) < 4.78 is 31.9. The Kier molecular flexibility index (Phi) is 6.09. The van der Waals surface area contributed by atoms with Crippen molar-refractivity contribution in [3.63, 3.8) is 0 Å². The van der Waals surface area contributed by atoms with Gasteiger partial charge in [0.05, 0.1) is 17.1 Å². The molecule has 0 bridgehead atoms. The van der Waals surface area contributed by atoms with Crippen LogP contribution in [0.3, 0.4) is 0 Å². The molecule has 29 heavy (non-hydrogen) atoms. The van der Waals surface area contributed by atoms with Gasteiger partial charge in [-0.2, -0.15) is 4.31 Å². The Bertz CT molecular complexity index is 1010. The Balaban J connectivity index is 1.73. The molecule has 156 valence electrons. The molecule has 8 nitrogen and oxygen atoms in total. The van der Waals surface area contributed by atoms with Crippen molar-refractivity contribution in [2.75, 3.05) is 32.8 Å². The number of carbonyl (C=O) groups is 2. The van der Waals surface area contributed by atoms with Crippen LogP contribution in [0.2, 0.25) is 0 Å². The third-order valence-corrected chi connectivity index (χ3v) is 6.95. The smallest absolute Gasteiger partial charge is 0.340 e. The first kappa shape index (κ1) is 21.1. The molecular formula is C20H25N3O5S. The van der Waals surface area contributed by atoms with E-state index in [2.05, 4.69) is 4.98 Å². The first-order valence-electron chi connectivity index (χ1n) is 9.48. The van der Waals surface area contributed by atoms with Crippen molar-refractivity contribution in [1.82, 2.24) is 14.2 Å². The van der Waals surface area contributed by atoms with Crippen molar-refractivity contribution in [2.24, 2.45) is 0 Å². The molecule has 3 rings (SSSR count). The van der Waals surface area contributed by atoms with Gasteiger partial charge in [-0.05, 0) is 38.5 Å². The molecule has 1 aliphatic heterocycles. The molecular weight excluding hydrogens is 394 g/mol. The van der Waals surface area contributed by atoms with Crippen LogP contribution in [0.5, 0.6) is 0 Å². The van der Waals surface area contributed by atoms with Crippen LogP contribution in [-0.2, 0) is 14.8 Å². The lowest BCUT2D eigenvalue weighted by molar-refractivity contribution is 0.0525. The Hall–Kier alpha value is -2.65. The van der Waals surface area contributed by atoms with Gasteiger partial charge in [0, 0.05) is 31.9 Å². The number of esters is 1. The van der Waals surface area contributed by atoms with Crippen LogP contribution in [0.4, 0.5) is 0 Å². The van der Waals surface area contributed by atoms with Gasteiger partial charge < -0.3 is 14.6 Å². The molecule has 0 unspecified atom stereocenters. The number of carbonyl (C=O) groups excluding carboxylic acids is 2. The average molecular weight is 420 g/mol. The predicted molar refractivity (Wildman–Crippen MR) is 107 cm³/mol. The third kappa shape index (κ3) is 4.06. The second-order valence-electron chi connectivity index (χ2n) is 6.85. The highest BCUT2D eigenvalue weighted by molar-refractivity contribution is 7.89. The van der Waals surface area contributed by atoms with E-state index < -0.39 is 16.0 Å². The summed E-state index contributed by atoms with van der Waals surface area (Å²) in [7, 11) is -3.58. The van der Waals surface area contributed by atoms with Crippen molar-refractivity contribution in [3.8, 4) is 0 Å². The maximum Gasteiger partial charge on any atom is 0.340 e. The monoisotopic (exact) mass is 419 g/mol. The molecule has 0 radical (unpaired) electrons. The van der Waals surface area contributed by atoms with Gasteiger partial charge in [-0.25, -0.2) is 13.2 Å². The molecule has 0 aliphatic carbocycles. The second kappa shape index (κ2) is 8.38. The summed E-state index contributed by atoms with van der Waals surface area (Å²) in [5, 5.41) is 0. The highest BCUT2D eigenvalue weighted by Crippen LogP contribution is 2.22. The molecule has 2 aromatic rings. The van der Waals surface area contributed by atoms with Gasteiger partial charge in [-0.15, -0.1) is 0 Å². The molecule has 0 spiro atoms. The molecule has 1 saturated heterocycles. The molecule has 1 aromatic carbocycles. The SMILES string of the molecule is CCOC(=O)c1c(C)[nH]c(C(=O)N2CCN(S(=O)(=O)c3ccccc3)CC2)c1C. The summed E-state index contributed by atoms with van der Waals surface area (Å²) in [6.07, 6.45) is 0. The lowest BCUT2D eigenvalue weighted by Gasteiger charge is -2.34. The number of aromatic amines is 1. The number of ether oxygens (including phenoxy) is 1. The zero-order valence-electron chi connectivity index (χ0n) is 16.8. The molecule has 1 amide bonds. The third-order valence-electron chi connectivity index (χ3n) is 5.04. The second-order valence-corrected chi connectivity index (χ2v) is 8.79. The fraction of sp³-hybridized carbons (Fsp3) is 0.400. The lowest BCUT2D eigenvalue weighted by Crippen LogP contribution is -2.50. The zero-order valence-corrected chi connectivity index (χ0v) is 17.6. The highest BCUT2D eigenvalue weighted by atomic mass is 32.2. The van der Waals surface area contributed by atoms with Crippen LogP contribution >= 0.6 is 0 Å². The summed E-state index contributed by atoms with van der Waals surface area (Å²) in [6, 6.07) is 8.26. The lowest BCUT2D eigenvalue weighted by atomic mass is 10.1. The van der Waals surface area contributed by atoms with Gasteiger partial charge in [0.2, 0.25) is 10.0 Å². The summed E-state index contributed by atoms with van der Waals surface area (Å²) in [6.45, 7) is 6.39. The fourth-order valence-electron chi connectivity index (χ4n) is 3.50. The number of aryl methyl sites for hydroxylation is 1. The summed E-state index contributed by atoms with van der Waals surface area (Å²) in [5.74, 6) is -0.713. The van der Waals surface area contributed by atoms with Crippen LogP contribution in [0.1, 0.15) is 39.0 Å². The number of nitrogens with zero attached hydrogens (tertiary/aromatic N) is 2. The number of rotatable bonds is 5. The summed E-state index contributed by atoms with van der Waals surface area (Å²) >= 11 is 0. The van der Waals surface area contributed by atoms with E-state index >= 15 is 0 Å². The van der Waals surface area contributed by atoms with Crippen LogP contribution in [0.15, 0.2) is 35.2 Å². The van der Waals surface area contributed by atoms with Crippen molar-refractivity contribution in [3.05, 3.63) is 52.8 Å². The Morgan fingerprint density at radius 1 is 1.07 bits per heavy atom. The summed E-state index contributed by atoms with van der Waals surface area (Å²) in [5.41, 5.74) is 1.84. The number of sulfonamides is 1. The summed E-state index contributed by atoms with van der Waals surface area (Å²) in [4.78, 5) is 30.0. The van der Waals surface area contributed by atoms with Crippen LogP contribution in [0, 0.1) is 13.8 Å². The number of piperazine rings is 1. The fourth-order valence-corrected chi connectivity index (χ4v) is 4.95. The van der Waals surface area contributed by atoms with Crippen LogP contribution in [0.25, 0.3) is 0 Å². The molecule has 2 heterocycles. The van der Waals surface area contributed by atoms with E-state index in [0.717, 1.165) is 0 Å². The van der Waals surface area contributed by atoms with Crippen molar-refractivity contribution in [1.29, 1.82) is 0 Å². The van der Waals surface area contributed by atoms with Crippen molar-refractivity contribution >= 4 is 21.9 Å². The number of H-pyrrole nitrogens is 1. The average Bonchev–Trinajstić information content (AvgIpc) is 3.02. The van der Waals surface area contributed by atoms with Gasteiger partial charge in [0.15, 0.2) is 0 Å². The molecule has 0 saturated carbocycles. The quantitative estimate of drug-likeness (QED) is 0.747. The normalized spacial score (nSPS) is 15.3. The van der Waals surface area contributed by atoms with E-state index in [4.69, 9.17) is 4.74 Å². The standard InChI is InChI=1S/C20H25N3O5S/c1-4-28-20(25)17-14(2)18(21-15(17)3)19(24)22-10-12-23(13-11-22)29(26,27)16-8-6-5-7-9-16/h5-9,21H,4,10-13H2,1-3H3. The number of aromatic nitrogens is 1. The predicted octanol–water partition coefficient (Wildman–Crippen LogP) is 1.95. The topological polar surface area (TPSA) is 99.8 Å². The van der Waals surface area contributed by atoms with Gasteiger partial charge in [0.1, 0.15) is 5.69 Å². The van der Waals surface area contributed by atoms with E-state index in [1.54, 1.807) is 56.0 Å². The van der Waals surface area contributed by atoms with E-state index in [1.165, 1.54) is 4.31 Å². The van der Waals surface area contributed by atoms with Crippen molar-refractivity contribution in [2.45, 2.75) is 25.7 Å². The van der Waals surface area contributed by atoms with Gasteiger partial charge in [0.25, 0.3) is 5.91 Å². The van der Waals surface area contributed by atoms with Gasteiger partial charge in [-0.1, -0.05) is 18.2 Å². The minimum Gasteiger partial charge on any atom is -0.462 e. The first-order chi connectivity index (χ1) is 13.8. The Morgan fingerprint density at radius 3 is 2.28 bits per heavy atom. The molecule has 1 fully saturated rings. The highest BCUT2D eigenvalue weighted by Gasteiger charge is 2.32. The van der Waals surface area contributed by atoms with Crippen LogP contribution < -0.4 is 0 Å². The number of hydrogen-bond acceptors (Lipinski definition) is 5. The molecule has 1 aromatic heterocycles. The molecule has 1 N–H and O–H groups in total. The molecule has 1 aliphatic rings. The number of benzene rings is 1. The van der Waals surface area contributed by atoms with E-state index in [1.807, 2.05) is 0 Å². The molecule has 9 heteroatoms. The number of nitrogens with one attached hydrogen (secondary N) is 1. The largest absolute Gasteiger partial charge is 0.462 e. The van der Waals surface area contributed by atoms with Gasteiger partial charge in [-0.3, -0.25) is 4.79 Å². The Labute approximate surface area is 170 Å². The first-order valence-corrected chi connectivity index (χ1v) is 10.9. The van der Waals surface area contributed by atoms with Crippen LogP contribution in [-0.4, -0.2) is 67.3 Å². The Morgan fingerprint density at radius 2 is 1.69 bits per heavy atom. The maximum atomic E-state index is 13.0. The van der Waals surface area contributed by atoms with Gasteiger partial charge >= 0.3 is 5.97 Å². The minimum atomic E-state index is -3.58. The van der Waals surface area contributed by atoms with Crippen molar-refractivity contribution < 1.29 is 22.7 Å². The maximum absolute atomic E-state index is 13.0. The minimum absolute atomic E-state index is 0.215. The molecule has 0 atom stereocenters. The van der Waals surface area contributed by atoms with E-state index in [9.17, 15) is 18.0 Å². The van der Waals surface area contributed by atoms with E-state index in [-0.39, 0.29) is 43.6 Å². The van der Waals surface area contributed by atoms with E-state index in [0.29, 0.717) is 22.5 Å². The zero-order chi connectivity index (χ0) is 21.2. The number of amides is 1. The number of hydrogen-bond donors (Lipinski definition) is 1.